The Morgan fingerprint density at radius 1 is 0.654 bits per heavy atom. The highest BCUT2D eigenvalue weighted by Gasteiger charge is 2.24. The van der Waals surface area contributed by atoms with Gasteiger partial charge in [0.05, 0.1) is 6.10 Å². The summed E-state index contributed by atoms with van der Waals surface area (Å²) < 4.78 is 0. The lowest BCUT2D eigenvalue weighted by molar-refractivity contribution is 0.0506. The second-order valence-electron chi connectivity index (χ2n) is 6.87. The highest BCUT2D eigenvalue weighted by atomic mass is 16.3. The summed E-state index contributed by atoms with van der Waals surface area (Å²) in [7, 11) is 0. The van der Waals surface area contributed by atoms with Crippen LogP contribution < -0.4 is 0 Å². The Balaban J connectivity index is 1.85. The first-order valence-corrected chi connectivity index (χ1v) is 9.26. The van der Waals surface area contributed by atoms with E-state index in [2.05, 4.69) is 77.7 Å². The maximum atomic E-state index is 10.6. The third-order valence-electron chi connectivity index (χ3n) is 4.77. The maximum absolute atomic E-state index is 10.6. The van der Waals surface area contributed by atoms with Crippen molar-refractivity contribution in [2.75, 3.05) is 0 Å². The average Bonchev–Trinajstić information content (AvgIpc) is 2.68. The molecule has 0 bridgehead atoms. The summed E-state index contributed by atoms with van der Waals surface area (Å²) in [4.78, 5) is 2.39. The zero-order valence-electron chi connectivity index (χ0n) is 15.3. The number of rotatable bonds is 8. The van der Waals surface area contributed by atoms with E-state index in [1.165, 1.54) is 16.7 Å². The normalized spacial score (nSPS) is 13.5. The quantitative estimate of drug-likeness (QED) is 0.641. The summed E-state index contributed by atoms with van der Waals surface area (Å²) in [5.41, 5.74) is 3.79. The van der Waals surface area contributed by atoms with Gasteiger partial charge in [0.15, 0.2) is 0 Å². The third kappa shape index (κ3) is 5.29. The van der Waals surface area contributed by atoms with Gasteiger partial charge in [-0.3, -0.25) is 4.90 Å². The van der Waals surface area contributed by atoms with Gasteiger partial charge in [0.25, 0.3) is 0 Å². The van der Waals surface area contributed by atoms with Crippen LogP contribution in [0.5, 0.6) is 0 Å². The number of benzene rings is 3. The monoisotopic (exact) mass is 345 g/mol. The van der Waals surface area contributed by atoms with Crippen LogP contribution in [0.2, 0.25) is 0 Å². The molecule has 0 saturated carbocycles. The van der Waals surface area contributed by atoms with E-state index >= 15 is 0 Å². The predicted molar refractivity (Wildman–Crippen MR) is 108 cm³/mol. The van der Waals surface area contributed by atoms with Crippen molar-refractivity contribution in [3.63, 3.8) is 0 Å². The van der Waals surface area contributed by atoms with Crippen molar-refractivity contribution in [3.05, 3.63) is 108 Å². The van der Waals surface area contributed by atoms with Gasteiger partial charge in [0, 0.05) is 19.1 Å². The van der Waals surface area contributed by atoms with Gasteiger partial charge in [-0.1, -0.05) is 91.0 Å². The van der Waals surface area contributed by atoms with E-state index in [1.807, 2.05) is 25.1 Å². The molecule has 1 N–H and O–H groups in total. The van der Waals surface area contributed by atoms with E-state index in [9.17, 15) is 5.11 Å². The smallest absolute Gasteiger partial charge is 0.0670 e. The summed E-state index contributed by atoms with van der Waals surface area (Å²) in [5.74, 6) is 0. The summed E-state index contributed by atoms with van der Waals surface area (Å²) in [6.45, 7) is 3.53. The second-order valence-corrected chi connectivity index (χ2v) is 6.87. The Bertz CT molecular complexity index is 714. The van der Waals surface area contributed by atoms with Gasteiger partial charge in [-0.05, 0) is 30.0 Å². The molecule has 0 aromatic heterocycles. The van der Waals surface area contributed by atoms with Crippen LogP contribution in [-0.4, -0.2) is 22.2 Å². The van der Waals surface area contributed by atoms with Crippen molar-refractivity contribution >= 4 is 0 Å². The number of hydrogen-bond donors (Lipinski definition) is 1. The fourth-order valence-electron chi connectivity index (χ4n) is 3.39. The predicted octanol–water partition coefficient (Wildman–Crippen LogP) is 4.68. The molecule has 3 rings (SSSR count). The van der Waals surface area contributed by atoms with Gasteiger partial charge in [0.2, 0.25) is 0 Å². The molecule has 2 atom stereocenters. The SMILES string of the molecule is CC(O)[C@H](Cc1ccccc1)N(Cc1ccccc1)Cc1ccccc1. The first-order chi connectivity index (χ1) is 12.7. The topological polar surface area (TPSA) is 23.5 Å². The number of hydrogen-bond acceptors (Lipinski definition) is 2. The minimum Gasteiger partial charge on any atom is -0.392 e. The molecule has 26 heavy (non-hydrogen) atoms. The molecule has 134 valence electrons. The van der Waals surface area contributed by atoms with Crippen LogP contribution in [-0.2, 0) is 19.5 Å². The van der Waals surface area contributed by atoms with Gasteiger partial charge < -0.3 is 5.11 Å². The molecule has 0 fully saturated rings. The Morgan fingerprint density at radius 2 is 1.04 bits per heavy atom. The maximum Gasteiger partial charge on any atom is 0.0670 e. The summed E-state index contributed by atoms with van der Waals surface area (Å²) in [6.07, 6.45) is 0.417. The van der Waals surface area contributed by atoms with Crippen molar-refractivity contribution in [2.24, 2.45) is 0 Å². The Labute approximate surface area is 156 Å². The molecule has 1 unspecified atom stereocenters. The summed E-state index contributed by atoms with van der Waals surface area (Å²) in [5, 5.41) is 10.6. The molecule has 0 spiro atoms. The first kappa shape index (κ1) is 18.4. The van der Waals surface area contributed by atoms with Crippen molar-refractivity contribution in [1.29, 1.82) is 0 Å². The van der Waals surface area contributed by atoms with E-state index < -0.39 is 6.10 Å². The van der Waals surface area contributed by atoms with Crippen LogP contribution in [0.4, 0.5) is 0 Å². The van der Waals surface area contributed by atoms with Gasteiger partial charge >= 0.3 is 0 Å². The van der Waals surface area contributed by atoms with Crippen molar-refractivity contribution < 1.29 is 5.11 Å². The highest BCUT2D eigenvalue weighted by Crippen LogP contribution is 2.19. The molecule has 0 heterocycles. The van der Waals surface area contributed by atoms with E-state index in [-0.39, 0.29) is 6.04 Å². The van der Waals surface area contributed by atoms with Crippen LogP contribution in [0.1, 0.15) is 23.6 Å². The fourth-order valence-corrected chi connectivity index (χ4v) is 3.39. The van der Waals surface area contributed by atoms with E-state index in [0.29, 0.717) is 0 Å². The molecule has 3 aromatic carbocycles. The molecular weight excluding hydrogens is 318 g/mol. The minimum absolute atomic E-state index is 0.0535. The standard InChI is InChI=1S/C24H27NO/c1-20(26)24(17-21-11-5-2-6-12-21)25(18-22-13-7-3-8-14-22)19-23-15-9-4-10-16-23/h2-16,20,24,26H,17-19H2,1H3/t20?,24-/m0/s1. The molecule has 2 nitrogen and oxygen atoms in total. The number of nitrogens with zero attached hydrogens (tertiary/aromatic N) is 1. The Morgan fingerprint density at radius 3 is 1.42 bits per heavy atom. The molecule has 2 heteroatoms. The van der Waals surface area contributed by atoms with Crippen LogP contribution in [0, 0.1) is 0 Å². The molecule has 0 aliphatic heterocycles. The molecule has 0 saturated heterocycles. The lowest BCUT2D eigenvalue weighted by Crippen LogP contribution is -2.43. The highest BCUT2D eigenvalue weighted by molar-refractivity contribution is 5.20. The van der Waals surface area contributed by atoms with Gasteiger partial charge in [0.1, 0.15) is 0 Å². The number of aliphatic hydroxyl groups excluding tert-OH is 1. The Kier molecular flexibility index (Phi) is 6.59. The van der Waals surface area contributed by atoms with E-state index in [4.69, 9.17) is 0 Å². The summed E-state index contributed by atoms with van der Waals surface area (Å²) in [6, 6.07) is 31.5. The van der Waals surface area contributed by atoms with Crippen molar-refractivity contribution in [3.8, 4) is 0 Å². The van der Waals surface area contributed by atoms with Crippen molar-refractivity contribution in [1.82, 2.24) is 4.90 Å². The van der Waals surface area contributed by atoms with Crippen LogP contribution in [0.15, 0.2) is 91.0 Å². The fraction of sp³-hybridized carbons (Fsp3) is 0.250. The van der Waals surface area contributed by atoms with E-state index in [0.717, 1.165) is 19.5 Å². The minimum atomic E-state index is -0.414. The van der Waals surface area contributed by atoms with Crippen LogP contribution in [0.3, 0.4) is 0 Å². The zero-order chi connectivity index (χ0) is 18.2. The average molecular weight is 345 g/mol. The largest absolute Gasteiger partial charge is 0.392 e. The second kappa shape index (κ2) is 9.33. The van der Waals surface area contributed by atoms with Gasteiger partial charge in [-0.15, -0.1) is 0 Å². The Hall–Kier alpha value is -2.42. The molecule has 0 aliphatic carbocycles. The van der Waals surface area contributed by atoms with Crippen LogP contribution >= 0.6 is 0 Å². The summed E-state index contributed by atoms with van der Waals surface area (Å²) >= 11 is 0. The van der Waals surface area contributed by atoms with Crippen LogP contribution in [0.25, 0.3) is 0 Å². The lowest BCUT2D eigenvalue weighted by atomic mass is 9.99. The van der Waals surface area contributed by atoms with Gasteiger partial charge in [-0.2, -0.15) is 0 Å². The van der Waals surface area contributed by atoms with E-state index in [1.54, 1.807) is 0 Å². The third-order valence-corrected chi connectivity index (χ3v) is 4.77. The van der Waals surface area contributed by atoms with Crippen molar-refractivity contribution in [2.45, 2.75) is 38.6 Å². The lowest BCUT2D eigenvalue weighted by Gasteiger charge is -2.34. The number of aliphatic hydroxyl groups is 1. The molecular formula is C24H27NO. The molecule has 0 radical (unpaired) electrons. The molecule has 0 aliphatic rings. The first-order valence-electron chi connectivity index (χ1n) is 9.26. The zero-order valence-corrected chi connectivity index (χ0v) is 15.3. The molecule has 0 amide bonds. The van der Waals surface area contributed by atoms with Gasteiger partial charge in [-0.25, -0.2) is 0 Å². The molecule has 3 aromatic rings.